The lowest BCUT2D eigenvalue weighted by Gasteiger charge is -2.38. The quantitative estimate of drug-likeness (QED) is 0.0229. The number of ether oxygens (including phenoxy) is 3. The van der Waals surface area contributed by atoms with Crippen molar-refractivity contribution >= 4 is 68.3 Å². The first-order chi connectivity index (χ1) is 43.3. The van der Waals surface area contributed by atoms with E-state index >= 15 is 0 Å². The lowest BCUT2D eigenvalue weighted by Crippen LogP contribution is -2.53. The zero-order valence-corrected chi connectivity index (χ0v) is 58.6. The Morgan fingerprint density at radius 3 is 1.93 bits per heavy atom. The number of likely N-dealkylation sites (N-methyl/N-ethyl adjacent to an activating group) is 5. The summed E-state index contributed by atoms with van der Waals surface area (Å²) in [5.41, 5.74) is 4.48. The van der Waals surface area contributed by atoms with Crippen molar-refractivity contribution in [3.8, 4) is 11.8 Å². The average Bonchev–Trinajstić information content (AvgIpc) is 1.12. The Bertz CT molecular complexity index is 3160. The van der Waals surface area contributed by atoms with Crippen LogP contribution in [-0.4, -0.2) is 201 Å². The maximum atomic E-state index is 12.9. The number of pyridine rings is 2. The number of carbonyl (C=O) groups excluding carboxylic acids is 5. The number of carbonyl (C=O) groups is 5. The smallest absolute Gasteiger partial charge is 0.350 e. The summed E-state index contributed by atoms with van der Waals surface area (Å²) in [6.07, 6.45) is 6.98. The number of amides is 4. The van der Waals surface area contributed by atoms with Crippen LogP contribution in [0.3, 0.4) is 0 Å². The highest BCUT2D eigenvalue weighted by atomic mass is 32.1. The Morgan fingerprint density at radius 1 is 0.725 bits per heavy atom. The average molecular weight is 1280 g/mol. The van der Waals surface area contributed by atoms with E-state index in [2.05, 4.69) is 99.6 Å². The lowest BCUT2D eigenvalue weighted by atomic mass is 9.93. The summed E-state index contributed by atoms with van der Waals surface area (Å²) in [7, 11) is 10.7. The van der Waals surface area contributed by atoms with E-state index in [0.717, 1.165) is 91.7 Å². The van der Waals surface area contributed by atoms with E-state index in [1.165, 1.54) is 42.2 Å². The number of aromatic nitrogens is 2. The van der Waals surface area contributed by atoms with Crippen molar-refractivity contribution in [3.63, 3.8) is 0 Å². The number of hydrogen-bond acceptors (Lipinski definition) is 16. The van der Waals surface area contributed by atoms with Crippen LogP contribution in [0.15, 0.2) is 96.4 Å². The summed E-state index contributed by atoms with van der Waals surface area (Å²) in [6.45, 7) is 28.3. The van der Waals surface area contributed by atoms with Gasteiger partial charge in [-0.3, -0.25) is 24.1 Å². The number of para-hydroxylation sites is 1. The number of fused-ring (bicyclic) bond motifs is 2. The molecular weight excluding hydrogens is 1170 g/mol. The van der Waals surface area contributed by atoms with Crippen LogP contribution in [0, 0.1) is 6.92 Å². The Balaban J connectivity index is 0.000000424. The molecule has 6 rings (SSSR count). The Morgan fingerprint density at radius 2 is 1.34 bits per heavy atom. The molecule has 0 aliphatic carbocycles. The maximum Gasteiger partial charge on any atom is 0.350 e. The lowest BCUT2D eigenvalue weighted by molar-refractivity contribution is -0.139. The molecule has 3 heterocycles. The highest BCUT2D eigenvalue weighted by Gasteiger charge is 2.31. The minimum atomic E-state index is -0.435. The molecule has 4 amide bonds. The zero-order chi connectivity index (χ0) is 67.7. The van der Waals surface area contributed by atoms with Crippen LogP contribution in [0.1, 0.15) is 140 Å². The zero-order valence-electron chi connectivity index (χ0n) is 57.8. The van der Waals surface area contributed by atoms with Crippen molar-refractivity contribution in [2.45, 2.75) is 138 Å². The molecule has 0 aliphatic heterocycles. The summed E-state index contributed by atoms with van der Waals surface area (Å²) in [6, 6.07) is 29.7. The normalized spacial score (nSPS) is 11.6. The molecule has 504 valence electrons. The highest BCUT2D eigenvalue weighted by Crippen LogP contribution is 2.29. The van der Waals surface area contributed by atoms with Crippen molar-refractivity contribution in [2.75, 3.05) is 120 Å². The van der Waals surface area contributed by atoms with Gasteiger partial charge in [-0.05, 0) is 148 Å². The largest absolute Gasteiger partial charge is 0.478 e. The van der Waals surface area contributed by atoms with Crippen LogP contribution < -0.4 is 25.4 Å². The number of methoxy groups -OCH3 is 1. The van der Waals surface area contributed by atoms with Crippen molar-refractivity contribution in [1.82, 2.24) is 45.1 Å². The second-order valence-electron chi connectivity index (χ2n) is 24.0. The summed E-state index contributed by atoms with van der Waals surface area (Å²) >= 11 is 1.26. The van der Waals surface area contributed by atoms with E-state index in [9.17, 15) is 29.1 Å². The van der Waals surface area contributed by atoms with Gasteiger partial charge in [-0.15, -0.1) is 11.3 Å². The van der Waals surface area contributed by atoms with E-state index in [-0.39, 0.29) is 68.4 Å². The molecule has 0 saturated heterocycles. The number of nitrogens with zero attached hydrogens (tertiary/aromatic N) is 7. The number of nitrogens with one attached hydrogen (secondary N) is 3. The van der Waals surface area contributed by atoms with Crippen LogP contribution in [0.4, 0.5) is 5.69 Å². The van der Waals surface area contributed by atoms with Crippen molar-refractivity contribution < 1.29 is 44.7 Å². The van der Waals surface area contributed by atoms with E-state index in [1.54, 1.807) is 48.8 Å². The molecule has 0 radical (unpaired) electrons. The summed E-state index contributed by atoms with van der Waals surface area (Å²) in [4.78, 5) is 80.8. The fourth-order valence-corrected chi connectivity index (χ4v) is 10.0. The van der Waals surface area contributed by atoms with Gasteiger partial charge in [0.15, 0.2) is 0 Å². The van der Waals surface area contributed by atoms with E-state index in [0.29, 0.717) is 41.8 Å². The number of unbranched alkanes of at least 4 members (excludes halogenated alkanes) is 2. The number of anilines is 1. The third-order valence-electron chi connectivity index (χ3n) is 16.1. The fourth-order valence-electron chi connectivity index (χ4n) is 9.12. The maximum absolute atomic E-state index is 12.9. The highest BCUT2D eigenvalue weighted by molar-refractivity contribution is 7.12. The van der Waals surface area contributed by atoms with E-state index in [4.69, 9.17) is 14.5 Å². The standard InChI is InChI=1S/C23H39N3O3.C20H29N3O2.C17H24N2O.C11H16N2O3S.H2/c1-8-22(2,3)24(6)20(28)17-26(14-15-27)18-21(29)25(7)23(4,5)16-19-12-10-9-11-13-19;1-4-7-14-25-19-15-17(16-10-8-9-11-18(16)22-19)20(24)21-12-13-23(5-2)6-3;1-4-5-9-15-13-14-8-6-7-10-16(14)17(18-15)20-12-11-19(2)3;1-6-5-17-9(11(15)16-4)8(6)13-10(14)7(2)12-3;/h9-13,27H,8,14-18H2,1-7H3;8-11,15H,4-7,12-14H2,1-3H3,(H,21,24);6-8,10,13H,4-5,9,11-12H2,1-3H3;5,7,12H,1-4H3,(H,13,14);1H. The molecule has 91 heavy (non-hydrogen) atoms. The van der Waals surface area contributed by atoms with Crippen molar-refractivity contribution in [2.24, 2.45) is 0 Å². The minimum absolute atomic E-state index is 0. The Labute approximate surface area is 549 Å². The third kappa shape index (κ3) is 26.2. The molecule has 0 saturated carbocycles. The number of aliphatic hydroxyl groups is 1. The van der Waals surface area contributed by atoms with Crippen molar-refractivity contribution in [3.05, 3.63) is 124 Å². The molecule has 1 unspecified atom stereocenters. The van der Waals surface area contributed by atoms with Gasteiger partial charge in [0.25, 0.3) is 5.91 Å². The van der Waals surface area contributed by atoms with Crippen LogP contribution in [-0.2, 0) is 32.0 Å². The second kappa shape index (κ2) is 40.7. The van der Waals surface area contributed by atoms with Gasteiger partial charge in [-0.2, -0.15) is 0 Å². The van der Waals surface area contributed by atoms with Gasteiger partial charge in [-0.25, -0.2) is 14.8 Å². The first kappa shape index (κ1) is 78.2. The van der Waals surface area contributed by atoms with Crippen LogP contribution in [0.2, 0.25) is 0 Å². The summed E-state index contributed by atoms with van der Waals surface area (Å²) in [5, 5.41) is 23.0. The monoisotopic (exact) mass is 1280 g/mol. The summed E-state index contributed by atoms with van der Waals surface area (Å²) < 4.78 is 16.3. The molecule has 6 aromatic rings. The van der Waals surface area contributed by atoms with Crippen LogP contribution >= 0.6 is 11.3 Å². The number of esters is 1. The Kier molecular flexibility index (Phi) is 35.0. The van der Waals surface area contributed by atoms with Gasteiger partial charge in [0.1, 0.15) is 11.5 Å². The predicted octanol–water partition coefficient (Wildman–Crippen LogP) is 11.0. The third-order valence-corrected chi connectivity index (χ3v) is 17.2. The second-order valence-corrected chi connectivity index (χ2v) is 24.9. The minimum Gasteiger partial charge on any atom is -0.478 e. The molecule has 0 fully saturated rings. The number of hydrogen-bond donors (Lipinski definition) is 4. The number of rotatable bonds is 32. The fraction of sp³-hybridized carbons (Fsp3) is 0.535. The molecule has 0 spiro atoms. The van der Waals surface area contributed by atoms with Gasteiger partial charge < -0.3 is 54.9 Å². The molecule has 4 N–H and O–H groups in total. The molecular formula is C71H110N10O9S. The van der Waals surface area contributed by atoms with E-state index < -0.39 is 5.97 Å². The predicted molar refractivity (Wildman–Crippen MR) is 374 cm³/mol. The number of thiophene rings is 1. The molecule has 0 aliphatic rings. The van der Waals surface area contributed by atoms with E-state index in [1.807, 2.05) is 110 Å². The van der Waals surface area contributed by atoms with Crippen molar-refractivity contribution in [1.29, 1.82) is 0 Å². The van der Waals surface area contributed by atoms with Gasteiger partial charge in [0, 0.05) is 75.3 Å². The van der Waals surface area contributed by atoms with Gasteiger partial charge >= 0.3 is 5.97 Å². The van der Waals surface area contributed by atoms with Gasteiger partial charge in [-0.1, -0.05) is 114 Å². The molecule has 20 heteroatoms. The molecule has 1 atom stereocenters. The van der Waals surface area contributed by atoms with Gasteiger partial charge in [0.2, 0.25) is 29.5 Å². The molecule has 3 aromatic heterocycles. The molecule has 3 aromatic carbocycles. The van der Waals surface area contributed by atoms with Crippen LogP contribution in [0.5, 0.6) is 11.8 Å². The summed E-state index contributed by atoms with van der Waals surface area (Å²) in [5.74, 6) is 0.478. The topological polar surface area (TPSA) is 211 Å². The number of aliphatic hydroxyl groups excluding tert-OH is 1. The Hall–Kier alpha value is -7.07. The first-order valence-corrected chi connectivity index (χ1v) is 33.0. The van der Waals surface area contributed by atoms with Gasteiger partial charge in [0.05, 0.1) is 56.2 Å². The van der Waals surface area contributed by atoms with Crippen LogP contribution in [0.25, 0.3) is 21.7 Å². The molecule has 19 nitrogen and oxygen atoms in total. The molecule has 0 bridgehead atoms. The first-order valence-electron chi connectivity index (χ1n) is 32.1. The number of aryl methyl sites for hydroxylation is 2. The number of benzene rings is 3. The SMILES string of the molecule is CCC(C)(C)N(C)C(=O)CN(CCO)CC(=O)N(C)C(C)(C)Cc1ccccc1.CCCCOc1cc(C(=O)NCCN(CC)CC)c2ccccc2n1.CCCCc1cc2ccccc2c(OCCN(C)C)n1.CNC(C)C(=O)Nc1c(C)csc1C(=O)OC.[HH].